The van der Waals surface area contributed by atoms with Gasteiger partial charge in [-0.2, -0.15) is 5.10 Å². The number of halogens is 2. The van der Waals surface area contributed by atoms with Gasteiger partial charge in [0.25, 0.3) is 5.91 Å². The fourth-order valence-electron chi connectivity index (χ4n) is 3.08. The largest absolute Gasteiger partial charge is 0.463 e. The molecule has 3 N–H and O–H groups in total. The molecule has 0 aliphatic carbocycles. The fourth-order valence-corrected chi connectivity index (χ4v) is 3.57. The predicted octanol–water partition coefficient (Wildman–Crippen LogP) is 3.66. The van der Waals surface area contributed by atoms with Crippen molar-refractivity contribution in [2.24, 2.45) is 0 Å². The fraction of sp³-hybridized carbons (Fsp3) is 0.211. The zero-order valence-corrected chi connectivity index (χ0v) is 16.8. The van der Waals surface area contributed by atoms with E-state index in [1.807, 2.05) is 6.92 Å². The molecule has 3 aromatic rings. The number of rotatable bonds is 4. The Morgan fingerprint density at radius 3 is 2.83 bits per heavy atom. The number of nitrogens with zero attached hydrogens (tertiary/aromatic N) is 2. The van der Waals surface area contributed by atoms with Crippen LogP contribution in [0, 0.1) is 0 Å². The van der Waals surface area contributed by atoms with Crippen molar-refractivity contribution in [3.63, 3.8) is 0 Å². The zero-order chi connectivity index (χ0) is 20.5. The van der Waals surface area contributed by atoms with E-state index in [-0.39, 0.29) is 22.5 Å². The molecule has 29 heavy (non-hydrogen) atoms. The molecule has 1 fully saturated rings. The molecule has 0 bridgehead atoms. The number of hydrogen-bond donors (Lipinski definition) is 3. The van der Waals surface area contributed by atoms with Crippen molar-refractivity contribution in [2.45, 2.75) is 25.7 Å². The van der Waals surface area contributed by atoms with Crippen LogP contribution in [0.25, 0.3) is 11.5 Å². The molecule has 1 saturated heterocycles. The van der Waals surface area contributed by atoms with Crippen LogP contribution in [0.5, 0.6) is 0 Å². The molecule has 0 spiro atoms. The lowest BCUT2D eigenvalue weighted by molar-refractivity contribution is -0.125. The first kappa shape index (κ1) is 19.5. The Morgan fingerprint density at radius 2 is 2.14 bits per heavy atom. The molecule has 2 aromatic heterocycles. The highest BCUT2D eigenvalue weighted by Crippen LogP contribution is 2.27. The van der Waals surface area contributed by atoms with Crippen LogP contribution < -0.4 is 16.0 Å². The standard InChI is InChI=1S/C19H17Cl2N5O3/c1-10-7-17(27)24-19(22-10)26-16(9-14(25-26)15-3-2-6-29-15)23-18(28)12-5-4-11(20)8-13(12)21/h2-6,8-10,19,22H,7H2,1H3,(H,23,28)(H,24,27). The van der Waals surface area contributed by atoms with Crippen LogP contribution in [-0.2, 0) is 4.79 Å². The molecule has 1 aliphatic heterocycles. The van der Waals surface area contributed by atoms with E-state index in [9.17, 15) is 9.59 Å². The number of carbonyl (C=O) groups excluding carboxylic acids is 2. The lowest BCUT2D eigenvalue weighted by atomic mass is 10.2. The highest BCUT2D eigenvalue weighted by atomic mass is 35.5. The molecule has 2 unspecified atom stereocenters. The van der Waals surface area contributed by atoms with Gasteiger partial charge in [-0.3, -0.25) is 14.9 Å². The van der Waals surface area contributed by atoms with E-state index < -0.39 is 12.2 Å². The van der Waals surface area contributed by atoms with E-state index in [0.717, 1.165) is 0 Å². The lowest BCUT2D eigenvalue weighted by Gasteiger charge is -2.30. The smallest absolute Gasteiger partial charge is 0.258 e. The minimum atomic E-state index is -0.633. The Balaban J connectivity index is 1.69. The van der Waals surface area contributed by atoms with Gasteiger partial charge < -0.3 is 15.1 Å². The highest BCUT2D eigenvalue weighted by Gasteiger charge is 2.28. The second-order valence-corrected chi connectivity index (χ2v) is 7.50. The number of furan rings is 1. The maximum atomic E-state index is 12.8. The molecule has 8 nitrogen and oxygen atoms in total. The topological polar surface area (TPSA) is 101 Å². The summed E-state index contributed by atoms with van der Waals surface area (Å²) >= 11 is 12.1. The Kier molecular flexibility index (Phi) is 5.31. The monoisotopic (exact) mass is 433 g/mol. The van der Waals surface area contributed by atoms with E-state index in [2.05, 4.69) is 21.0 Å². The van der Waals surface area contributed by atoms with Crippen molar-refractivity contribution in [1.82, 2.24) is 20.4 Å². The van der Waals surface area contributed by atoms with Crippen LogP contribution in [0.3, 0.4) is 0 Å². The highest BCUT2D eigenvalue weighted by molar-refractivity contribution is 6.37. The summed E-state index contributed by atoms with van der Waals surface area (Å²) in [7, 11) is 0. The molecule has 10 heteroatoms. The molecular weight excluding hydrogens is 417 g/mol. The molecular formula is C19H17Cl2N5O3. The summed E-state index contributed by atoms with van der Waals surface area (Å²) in [6, 6.07) is 9.71. The molecule has 2 atom stereocenters. The van der Waals surface area contributed by atoms with Crippen LogP contribution in [0.1, 0.15) is 30.0 Å². The molecule has 3 heterocycles. The number of nitrogens with one attached hydrogen (secondary N) is 3. The number of hydrogen-bond acceptors (Lipinski definition) is 5. The molecule has 1 aliphatic rings. The van der Waals surface area contributed by atoms with Crippen molar-refractivity contribution in [1.29, 1.82) is 0 Å². The van der Waals surface area contributed by atoms with E-state index in [0.29, 0.717) is 28.7 Å². The Hall–Kier alpha value is -2.81. The third-order valence-corrected chi connectivity index (χ3v) is 4.95. The number of carbonyl (C=O) groups is 2. The molecule has 150 valence electrons. The number of benzene rings is 1. The van der Waals surface area contributed by atoms with Gasteiger partial charge in [-0.25, -0.2) is 4.68 Å². The van der Waals surface area contributed by atoms with E-state index in [4.69, 9.17) is 27.6 Å². The lowest BCUT2D eigenvalue weighted by Crippen LogP contribution is -2.52. The zero-order valence-electron chi connectivity index (χ0n) is 15.3. The van der Waals surface area contributed by atoms with Crippen LogP contribution in [0.2, 0.25) is 10.0 Å². The summed E-state index contributed by atoms with van der Waals surface area (Å²) < 4.78 is 6.90. The molecule has 0 saturated carbocycles. The average Bonchev–Trinajstić information content (AvgIpc) is 3.30. The number of amides is 2. The Labute approximate surface area is 176 Å². The first-order valence-corrected chi connectivity index (χ1v) is 9.61. The van der Waals surface area contributed by atoms with Gasteiger partial charge in [-0.05, 0) is 37.3 Å². The van der Waals surface area contributed by atoms with Crippen molar-refractivity contribution in [2.75, 3.05) is 5.32 Å². The second kappa shape index (κ2) is 7.90. The maximum Gasteiger partial charge on any atom is 0.258 e. The van der Waals surface area contributed by atoms with Gasteiger partial charge in [0.2, 0.25) is 5.91 Å². The van der Waals surface area contributed by atoms with Gasteiger partial charge in [-0.1, -0.05) is 23.2 Å². The summed E-state index contributed by atoms with van der Waals surface area (Å²) in [5.74, 6) is 0.335. The van der Waals surface area contributed by atoms with E-state index in [1.165, 1.54) is 23.1 Å². The number of anilines is 1. The summed E-state index contributed by atoms with van der Waals surface area (Å²) in [4.78, 5) is 24.8. The Bertz CT molecular complexity index is 1060. The van der Waals surface area contributed by atoms with E-state index >= 15 is 0 Å². The minimum Gasteiger partial charge on any atom is -0.463 e. The maximum absolute atomic E-state index is 12.8. The molecule has 0 radical (unpaired) electrons. The van der Waals surface area contributed by atoms with Crippen LogP contribution >= 0.6 is 23.2 Å². The van der Waals surface area contributed by atoms with Crippen molar-refractivity contribution < 1.29 is 14.0 Å². The van der Waals surface area contributed by atoms with Crippen molar-refractivity contribution in [3.8, 4) is 11.5 Å². The van der Waals surface area contributed by atoms with Gasteiger partial charge in [0, 0.05) is 23.6 Å². The summed E-state index contributed by atoms with van der Waals surface area (Å²) in [5, 5.41) is 14.0. The second-order valence-electron chi connectivity index (χ2n) is 6.66. The normalized spacial score (nSPS) is 19.1. The molecule has 1 aromatic carbocycles. The van der Waals surface area contributed by atoms with Gasteiger partial charge in [0.15, 0.2) is 12.0 Å². The van der Waals surface area contributed by atoms with Gasteiger partial charge >= 0.3 is 0 Å². The summed E-state index contributed by atoms with van der Waals surface area (Å²) in [6.07, 6.45) is 1.25. The average molecular weight is 434 g/mol. The van der Waals surface area contributed by atoms with Gasteiger partial charge in [0.1, 0.15) is 11.5 Å². The van der Waals surface area contributed by atoms with Gasteiger partial charge in [-0.15, -0.1) is 0 Å². The molecule has 4 rings (SSSR count). The third-order valence-electron chi connectivity index (χ3n) is 4.40. The SMILES string of the molecule is CC1CC(=O)NC(n2nc(-c3ccco3)cc2NC(=O)c2ccc(Cl)cc2Cl)N1. The third kappa shape index (κ3) is 4.14. The van der Waals surface area contributed by atoms with Gasteiger partial charge in [0.05, 0.1) is 16.8 Å². The van der Waals surface area contributed by atoms with Crippen LogP contribution in [0.15, 0.2) is 47.1 Å². The quantitative estimate of drug-likeness (QED) is 0.582. The predicted molar refractivity (Wildman–Crippen MR) is 109 cm³/mol. The Morgan fingerprint density at radius 1 is 1.31 bits per heavy atom. The van der Waals surface area contributed by atoms with Crippen molar-refractivity contribution in [3.05, 3.63) is 58.3 Å². The molecule has 2 amide bonds. The first-order valence-electron chi connectivity index (χ1n) is 8.86. The summed E-state index contributed by atoms with van der Waals surface area (Å²) in [6.45, 7) is 1.90. The summed E-state index contributed by atoms with van der Waals surface area (Å²) in [5.41, 5.74) is 0.763. The van der Waals surface area contributed by atoms with Crippen molar-refractivity contribution >= 4 is 40.8 Å². The first-order chi connectivity index (χ1) is 13.9. The van der Waals surface area contributed by atoms with Crippen LogP contribution in [-0.4, -0.2) is 27.6 Å². The van der Waals surface area contributed by atoms with Crippen LogP contribution in [0.4, 0.5) is 5.82 Å². The number of aromatic nitrogens is 2. The minimum absolute atomic E-state index is 0.0562. The van der Waals surface area contributed by atoms with E-state index in [1.54, 1.807) is 24.3 Å².